The van der Waals surface area contributed by atoms with Gasteiger partial charge in [0.15, 0.2) is 0 Å². The van der Waals surface area contributed by atoms with E-state index in [0.717, 1.165) is 19.8 Å². The molecular formula is C11H25NO. The maximum atomic E-state index is 5.43. The van der Waals surface area contributed by atoms with Gasteiger partial charge in [0.25, 0.3) is 0 Å². The molecule has 1 unspecified atom stereocenters. The summed E-state index contributed by atoms with van der Waals surface area (Å²) in [6, 6.07) is 0.569. The lowest BCUT2D eigenvalue weighted by atomic mass is 10.1. The second kappa shape index (κ2) is 10.0. The Bertz CT molecular complexity index is 77.1. The Labute approximate surface area is 83.1 Å². The van der Waals surface area contributed by atoms with Crippen LogP contribution in [-0.2, 0) is 4.74 Å². The summed E-state index contributed by atoms with van der Waals surface area (Å²) < 4.78 is 5.43. The molecule has 0 bridgehead atoms. The van der Waals surface area contributed by atoms with Crippen LogP contribution in [-0.4, -0.2) is 25.8 Å². The lowest BCUT2D eigenvalue weighted by Crippen LogP contribution is -2.34. The SMILES string of the molecule is CCCCC(COCC)NCCC. The van der Waals surface area contributed by atoms with Crippen LogP contribution >= 0.6 is 0 Å². The summed E-state index contributed by atoms with van der Waals surface area (Å²) in [5, 5.41) is 3.51. The Morgan fingerprint density at radius 1 is 1.15 bits per heavy atom. The van der Waals surface area contributed by atoms with Crippen LogP contribution in [0.15, 0.2) is 0 Å². The van der Waals surface area contributed by atoms with Gasteiger partial charge in [0.05, 0.1) is 6.61 Å². The molecule has 1 atom stereocenters. The first-order chi connectivity index (χ1) is 6.35. The predicted molar refractivity (Wildman–Crippen MR) is 58.1 cm³/mol. The first kappa shape index (κ1) is 12.9. The van der Waals surface area contributed by atoms with Gasteiger partial charge in [-0.3, -0.25) is 0 Å². The highest BCUT2D eigenvalue weighted by Gasteiger charge is 2.05. The zero-order valence-corrected chi connectivity index (χ0v) is 9.44. The Morgan fingerprint density at radius 2 is 1.92 bits per heavy atom. The van der Waals surface area contributed by atoms with E-state index in [0.29, 0.717) is 6.04 Å². The van der Waals surface area contributed by atoms with E-state index < -0.39 is 0 Å². The molecule has 0 aliphatic rings. The molecule has 0 radical (unpaired) electrons. The fourth-order valence-electron chi connectivity index (χ4n) is 1.30. The Balaban J connectivity index is 3.47. The van der Waals surface area contributed by atoms with Crippen LogP contribution in [0.3, 0.4) is 0 Å². The van der Waals surface area contributed by atoms with Crippen molar-refractivity contribution in [3.8, 4) is 0 Å². The molecule has 0 saturated carbocycles. The summed E-state index contributed by atoms with van der Waals surface area (Å²) in [7, 11) is 0. The summed E-state index contributed by atoms with van der Waals surface area (Å²) in [6.07, 6.45) is 5.02. The molecule has 2 heteroatoms. The monoisotopic (exact) mass is 187 g/mol. The highest BCUT2D eigenvalue weighted by atomic mass is 16.5. The molecule has 0 amide bonds. The average molecular weight is 187 g/mol. The van der Waals surface area contributed by atoms with Crippen molar-refractivity contribution >= 4 is 0 Å². The lowest BCUT2D eigenvalue weighted by Gasteiger charge is -2.17. The van der Waals surface area contributed by atoms with Gasteiger partial charge in [-0.25, -0.2) is 0 Å². The van der Waals surface area contributed by atoms with Crippen molar-refractivity contribution in [3.05, 3.63) is 0 Å². The molecule has 13 heavy (non-hydrogen) atoms. The molecule has 0 aliphatic heterocycles. The molecule has 1 N–H and O–H groups in total. The van der Waals surface area contributed by atoms with Gasteiger partial charge in [-0.2, -0.15) is 0 Å². The fraction of sp³-hybridized carbons (Fsp3) is 1.00. The van der Waals surface area contributed by atoms with Crippen molar-refractivity contribution < 1.29 is 4.74 Å². The Hall–Kier alpha value is -0.0800. The topological polar surface area (TPSA) is 21.3 Å². The van der Waals surface area contributed by atoms with Crippen molar-refractivity contribution in [2.24, 2.45) is 0 Å². The number of hydrogen-bond acceptors (Lipinski definition) is 2. The zero-order chi connectivity index (χ0) is 9.94. The molecule has 2 nitrogen and oxygen atoms in total. The third kappa shape index (κ3) is 8.26. The maximum Gasteiger partial charge on any atom is 0.0619 e. The third-order valence-electron chi connectivity index (χ3n) is 2.11. The molecule has 0 aliphatic carbocycles. The van der Waals surface area contributed by atoms with Crippen molar-refractivity contribution in [1.82, 2.24) is 5.32 Å². The van der Waals surface area contributed by atoms with E-state index in [1.54, 1.807) is 0 Å². The molecule has 0 fully saturated rings. The van der Waals surface area contributed by atoms with Crippen molar-refractivity contribution in [2.75, 3.05) is 19.8 Å². The van der Waals surface area contributed by atoms with Gasteiger partial charge in [-0.1, -0.05) is 26.7 Å². The number of ether oxygens (including phenoxy) is 1. The van der Waals surface area contributed by atoms with Crippen LogP contribution in [0.2, 0.25) is 0 Å². The highest BCUT2D eigenvalue weighted by Crippen LogP contribution is 2.01. The highest BCUT2D eigenvalue weighted by molar-refractivity contribution is 4.65. The Morgan fingerprint density at radius 3 is 2.46 bits per heavy atom. The van der Waals surface area contributed by atoms with Crippen LogP contribution < -0.4 is 5.32 Å². The smallest absolute Gasteiger partial charge is 0.0619 e. The van der Waals surface area contributed by atoms with Crippen LogP contribution in [0.5, 0.6) is 0 Å². The quantitative estimate of drug-likeness (QED) is 0.599. The van der Waals surface area contributed by atoms with Gasteiger partial charge in [0.2, 0.25) is 0 Å². The fourth-order valence-corrected chi connectivity index (χ4v) is 1.30. The molecule has 0 heterocycles. The van der Waals surface area contributed by atoms with E-state index in [9.17, 15) is 0 Å². The van der Waals surface area contributed by atoms with E-state index in [1.807, 2.05) is 0 Å². The van der Waals surface area contributed by atoms with E-state index in [-0.39, 0.29) is 0 Å². The summed E-state index contributed by atoms with van der Waals surface area (Å²) in [5.74, 6) is 0. The minimum absolute atomic E-state index is 0.569. The third-order valence-corrected chi connectivity index (χ3v) is 2.11. The first-order valence-electron chi connectivity index (χ1n) is 5.66. The Kier molecular flexibility index (Phi) is 9.94. The zero-order valence-electron chi connectivity index (χ0n) is 9.44. The molecule has 0 saturated heterocycles. The minimum Gasteiger partial charge on any atom is -0.380 e. The van der Waals surface area contributed by atoms with Crippen molar-refractivity contribution in [1.29, 1.82) is 0 Å². The predicted octanol–water partition coefficient (Wildman–Crippen LogP) is 2.58. The molecule has 0 aromatic carbocycles. The summed E-state index contributed by atoms with van der Waals surface area (Å²) in [4.78, 5) is 0. The van der Waals surface area contributed by atoms with Crippen LogP contribution in [0.1, 0.15) is 46.5 Å². The molecule has 0 aromatic rings. The molecule has 80 valence electrons. The molecular weight excluding hydrogens is 162 g/mol. The van der Waals surface area contributed by atoms with Crippen molar-refractivity contribution in [2.45, 2.75) is 52.5 Å². The van der Waals surface area contributed by atoms with Crippen LogP contribution in [0.25, 0.3) is 0 Å². The lowest BCUT2D eigenvalue weighted by molar-refractivity contribution is 0.119. The summed E-state index contributed by atoms with van der Waals surface area (Å²) in [6.45, 7) is 9.30. The van der Waals surface area contributed by atoms with E-state index >= 15 is 0 Å². The van der Waals surface area contributed by atoms with E-state index in [4.69, 9.17) is 4.74 Å². The largest absolute Gasteiger partial charge is 0.380 e. The standard InChI is InChI=1S/C11H25NO/c1-4-7-8-11(10-13-6-3)12-9-5-2/h11-12H,4-10H2,1-3H3. The number of unbranched alkanes of at least 4 members (excludes halogenated alkanes) is 1. The first-order valence-corrected chi connectivity index (χ1v) is 5.66. The molecule has 0 spiro atoms. The number of nitrogens with one attached hydrogen (secondary N) is 1. The molecule has 0 rings (SSSR count). The molecule has 0 aromatic heterocycles. The van der Waals surface area contributed by atoms with Gasteiger partial charge >= 0.3 is 0 Å². The van der Waals surface area contributed by atoms with Crippen LogP contribution in [0, 0.1) is 0 Å². The van der Waals surface area contributed by atoms with Gasteiger partial charge < -0.3 is 10.1 Å². The second-order valence-corrected chi connectivity index (χ2v) is 3.45. The average Bonchev–Trinajstić information content (AvgIpc) is 2.17. The number of hydrogen-bond donors (Lipinski definition) is 1. The van der Waals surface area contributed by atoms with Crippen LogP contribution in [0.4, 0.5) is 0 Å². The number of rotatable bonds is 9. The second-order valence-electron chi connectivity index (χ2n) is 3.45. The van der Waals surface area contributed by atoms with Gasteiger partial charge in [-0.05, 0) is 26.3 Å². The summed E-state index contributed by atoms with van der Waals surface area (Å²) in [5.41, 5.74) is 0. The van der Waals surface area contributed by atoms with Crippen molar-refractivity contribution in [3.63, 3.8) is 0 Å². The normalized spacial score (nSPS) is 13.2. The van der Waals surface area contributed by atoms with Gasteiger partial charge in [0.1, 0.15) is 0 Å². The summed E-state index contributed by atoms with van der Waals surface area (Å²) >= 11 is 0. The van der Waals surface area contributed by atoms with E-state index in [1.165, 1.54) is 25.7 Å². The van der Waals surface area contributed by atoms with Gasteiger partial charge in [-0.15, -0.1) is 0 Å². The van der Waals surface area contributed by atoms with Gasteiger partial charge in [0, 0.05) is 12.6 Å². The van der Waals surface area contributed by atoms with E-state index in [2.05, 4.69) is 26.1 Å². The maximum absolute atomic E-state index is 5.43. The minimum atomic E-state index is 0.569.